The molecule has 4 aromatic rings. The number of aromatic nitrogens is 3. The highest BCUT2D eigenvalue weighted by molar-refractivity contribution is 6.04. The average Bonchev–Trinajstić information content (AvgIpc) is 3.15. The number of carbonyl (C=O) groups excluding carboxylic acids is 1. The van der Waals surface area contributed by atoms with Crippen molar-refractivity contribution in [3.05, 3.63) is 57.9 Å². The summed E-state index contributed by atoms with van der Waals surface area (Å²) in [4.78, 5) is 39.2. The van der Waals surface area contributed by atoms with Gasteiger partial charge in [0.05, 0.1) is 22.4 Å². The summed E-state index contributed by atoms with van der Waals surface area (Å²) in [6, 6.07) is 6.87. The molecule has 4 rings (SSSR count). The summed E-state index contributed by atoms with van der Waals surface area (Å²) in [7, 11) is 1.75. The van der Waals surface area contributed by atoms with Crippen molar-refractivity contribution in [3.8, 4) is 11.4 Å². The van der Waals surface area contributed by atoms with Gasteiger partial charge in [0.2, 0.25) is 0 Å². The van der Waals surface area contributed by atoms with Gasteiger partial charge in [-0.15, -0.1) is 0 Å². The van der Waals surface area contributed by atoms with Crippen LogP contribution in [0.2, 0.25) is 0 Å². The van der Waals surface area contributed by atoms with E-state index in [1.165, 1.54) is 0 Å². The number of likely N-dealkylation sites (N-methyl/N-ethyl adjacent to an activating group) is 2. The summed E-state index contributed by atoms with van der Waals surface area (Å²) in [6.45, 7) is 7.34. The van der Waals surface area contributed by atoms with Crippen LogP contribution >= 0.6 is 0 Å². The lowest BCUT2D eigenvalue weighted by Gasteiger charge is -2.23. The lowest BCUT2D eigenvalue weighted by Crippen LogP contribution is -2.36. The van der Waals surface area contributed by atoms with Gasteiger partial charge in [0, 0.05) is 48.7 Å². The second-order valence-corrected chi connectivity index (χ2v) is 8.13. The average molecular weight is 469 g/mol. The first-order valence-corrected chi connectivity index (χ1v) is 11.0. The number of hydrogen-bond donors (Lipinski definition) is 3. The predicted octanol–water partition coefficient (Wildman–Crippen LogP) is 3.35. The number of rotatable bonds is 7. The van der Waals surface area contributed by atoms with E-state index in [0.717, 1.165) is 31.8 Å². The van der Waals surface area contributed by atoms with Crippen LogP contribution in [0.3, 0.4) is 0 Å². The largest absolute Gasteiger partial charge is 0.396 e. The number of carbonyl (C=O) groups is 1. The molecule has 10 heteroatoms. The molecule has 34 heavy (non-hydrogen) atoms. The molecule has 0 atom stereocenters. The first-order valence-electron chi connectivity index (χ1n) is 11.0. The van der Waals surface area contributed by atoms with E-state index in [9.17, 15) is 18.4 Å². The molecule has 0 saturated carbocycles. The highest BCUT2D eigenvalue weighted by Crippen LogP contribution is 2.31. The number of nitrogens with zero attached hydrogens (tertiary/aromatic N) is 3. The molecule has 0 saturated heterocycles. The second-order valence-electron chi connectivity index (χ2n) is 8.13. The van der Waals surface area contributed by atoms with Crippen molar-refractivity contribution in [1.29, 1.82) is 0 Å². The van der Waals surface area contributed by atoms with Gasteiger partial charge in [-0.25, -0.2) is 13.8 Å². The number of hydrogen-bond acceptors (Lipinski definition) is 5. The molecule has 8 nitrogen and oxygen atoms in total. The lowest BCUT2D eigenvalue weighted by atomic mass is 10.1. The fourth-order valence-electron chi connectivity index (χ4n) is 3.94. The Hall–Kier alpha value is -3.79. The van der Waals surface area contributed by atoms with Gasteiger partial charge in [0.15, 0.2) is 17.3 Å². The van der Waals surface area contributed by atoms with Crippen LogP contribution in [0.1, 0.15) is 24.2 Å². The Kier molecular flexibility index (Phi) is 6.34. The summed E-state index contributed by atoms with van der Waals surface area (Å²) >= 11 is 0. The summed E-state index contributed by atoms with van der Waals surface area (Å²) < 4.78 is 27.2. The number of nitrogens with one attached hydrogen (secondary N) is 2. The number of H-pyrrole nitrogens is 2. The minimum absolute atomic E-state index is 0.0589. The minimum atomic E-state index is -1.08. The maximum absolute atomic E-state index is 13.7. The third-order valence-electron chi connectivity index (χ3n) is 6.05. The number of halogens is 2. The van der Waals surface area contributed by atoms with E-state index in [2.05, 4.69) is 33.7 Å². The highest BCUT2D eigenvalue weighted by Gasteiger charge is 2.19. The van der Waals surface area contributed by atoms with Crippen LogP contribution in [-0.4, -0.2) is 63.9 Å². The number of benzene rings is 2. The zero-order valence-electron chi connectivity index (χ0n) is 19.2. The highest BCUT2D eigenvalue weighted by atomic mass is 19.2. The smallest absolute Gasteiger partial charge is 0.276 e. The van der Waals surface area contributed by atoms with Crippen molar-refractivity contribution in [1.82, 2.24) is 24.8 Å². The van der Waals surface area contributed by atoms with Gasteiger partial charge < -0.3 is 25.5 Å². The topological polar surface area (TPSA) is 111 Å². The monoisotopic (exact) mass is 468 g/mol. The van der Waals surface area contributed by atoms with Gasteiger partial charge in [0.1, 0.15) is 0 Å². The molecule has 4 N–H and O–H groups in total. The molecule has 2 aromatic heterocycles. The fraction of sp³-hybridized carbons (Fsp3) is 0.292. The molecule has 0 aliphatic rings. The van der Waals surface area contributed by atoms with E-state index >= 15 is 0 Å². The van der Waals surface area contributed by atoms with E-state index in [1.807, 2.05) is 0 Å². The molecule has 2 heterocycles. The van der Waals surface area contributed by atoms with Gasteiger partial charge in [-0.1, -0.05) is 13.8 Å². The third-order valence-corrected chi connectivity index (χ3v) is 6.05. The van der Waals surface area contributed by atoms with Crippen molar-refractivity contribution in [2.75, 3.05) is 39.0 Å². The lowest BCUT2D eigenvalue weighted by molar-refractivity contribution is 0.0780. The van der Waals surface area contributed by atoms with Gasteiger partial charge in [-0.3, -0.25) is 9.59 Å². The molecule has 178 valence electrons. The Morgan fingerprint density at radius 2 is 1.74 bits per heavy atom. The number of nitrogen functional groups attached to an aromatic ring is 1. The van der Waals surface area contributed by atoms with E-state index < -0.39 is 17.2 Å². The van der Waals surface area contributed by atoms with Gasteiger partial charge in [-0.2, -0.15) is 0 Å². The molecular formula is C24H26F2N6O2. The fourth-order valence-corrected chi connectivity index (χ4v) is 3.94. The quantitative estimate of drug-likeness (QED) is 0.385. The van der Waals surface area contributed by atoms with E-state index in [1.54, 1.807) is 30.1 Å². The van der Waals surface area contributed by atoms with E-state index in [4.69, 9.17) is 5.73 Å². The molecular weight excluding hydrogens is 442 g/mol. The molecule has 0 bridgehead atoms. The predicted molar refractivity (Wildman–Crippen MR) is 129 cm³/mol. The number of anilines is 1. The number of aromatic amines is 2. The molecule has 0 unspecified atom stereocenters. The number of nitrogens with two attached hydrogens (primary N) is 1. The number of fused-ring (bicyclic) bond motifs is 2. The van der Waals surface area contributed by atoms with E-state index in [-0.39, 0.29) is 34.0 Å². The van der Waals surface area contributed by atoms with Crippen molar-refractivity contribution in [2.45, 2.75) is 13.8 Å². The van der Waals surface area contributed by atoms with Crippen molar-refractivity contribution in [2.24, 2.45) is 0 Å². The van der Waals surface area contributed by atoms with Crippen LogP contribution < -0.4 is 11.3 Å². The first kappa shape index (κ1) is 23.4. The molecule has 2 aromatic carbocycles. The summed E-state index contributed by atoms with van der Waals surface area (Å²) in [5.41, 5.74) is 7.36. The maximum Gasteiger partial charge on any atom is 0.276 e. The zero-order valence-corrected chi connectivity index (χ0v) is 19.2. The molecule has 0 spiro atoms. The summed E-state index contributed by atoms with van der Waals surface area (Å²) in [5.74, 6) is -2.30. The number of amides is 1. The Morgan fingerprint density at radius 3 is 2.44 bits per heavy atom. The van der Waals surface area contributed by atoms with Crippen molar-refractivity contribution >= 4 is 33.5 Å². The third kappa shape index (κ3) is 4.24. The van der Waals surface area contributed by atoms with Crippen LogP contribution in [0.15, 0.2) is 35.1 Å². The van der Waals surface area contributed by atoms with Crippen LogP contribution in [0.4, 0.5) is 14.5 Å². The van der Waals surface area contributed by atoms with Crippen molar-refractivity contribution < 1.29 is 13.6 Å². The first-order chi connectivity index (χ1) is 16.2. The zero-order chi connectivity index (χ0) is 24.6. The van der Waals surface area contributed by atoms with Crippen LogP contribution in [0.25, 0.3) is 33.3 Å². The normalized spacial score (nSPS) is 11.6. The van der Waals surface area contributed by atoms with Crippen molar-refractivity contribution in [3.63, 3.8) is 0 Å². The summed E-state index contributed by atoms with van der Waals surface area (Å²) in [6.07, 6.45) is 0. The standard InChI is InChI=1S/C24H26F2N6O2/c1-4-32(5-2)9-8-31(3)24(34)13-6-7-17-14(10-13)20(27)21(28-17)22-23(33)30-19-12-16(26)15(25)11-18(19)29-22/h6-7,10-12,28H,4-5,8-9,27H2,1-3H3,(H,30,33). The van der Waals surface area contributed by atoms with Crippen LogP contribution in [0, 0.1) is 11.6 Å². The Balaban J connectivity index is 1.69. The molecule has 0 aliphatic heterocycles. The Morgan fingerprint density at radius 1 is 1.03 bits per heavy atom. The summed E-state index contributed by atoms with van der Waals surface area (Å²) in [5, 5.41) is 0.560. The molecule has 0 aliphatic carbocycles. The second kappa shape index (κ2) is 9.22. The molecule has 0 fully saturated rings. The Bertz CT molecular complexity index is 1440. The SMILES string of the molecule is CCN(CC)CCN(C)C(=O)c1ccc2[nH]c(-c3nc4cc(F)c(F)cc4[nH]c3=O)c(N)c2c1. The maximum atomic E-state index is 13.7. The van der Waals surface area contributed by atoms with E-state index in [0.29, 0.717) is 23.0 Å². The van der Waals surface area contributed by atoms with Crippen LogP contribution in [0.5, 0.6) is 0 Å². The minimum Gasteiger partial charge on any atom is -0.396 e. The Labute approximate surface area is 194 Å². The van der Waals surface area contributed by atoms with Gasteiger partial charge in [0.25, 0.3) is 11.5 Å². The van der Waals surface area contributed by atoms with Gasteiger partial charge >= 0.3 is 0 Å². The molecule has 0 radical (unpaired) electrons. The van der Waals surface area contributed by atoms with Gasteiger partial charge in [-0.05, 0) is 31.3 Å². The van der Waals surface area contributed by atoms with Crippen LogP contribution in [-0.2, 0) is 0 Å². The molecule has 1 amide bonds.